The molecule has 0 unspecified atom stereocenters. The molecule has 0 radical (unpaired) electrons. The lowest BCUT2D eigenvalue weighted by molar-refractivity contribution is 0.0963. The number of aliphatic hydroxyl groups is 1. The fraction of sp³-hybridized carbons (Fsp3) is 0.394. The average Bonchev–Trinajstić information content (AvgIpc) is 3.49. The molecule has 3 aliphatic rings. The van der Waals surface area contributed by atoms with Gasteiger partial charge in [-0.1, -0.05) is 38.1 Å². The van der Waals surface area contributed by atoms with Crippen LogP contribution in [0.2, 0.25) is 0 Å². The highest BCUT2D eigenvalue weighted by atomic mass is 16.5. The maximum absolute atomic E-state index is 13.8. The first-order valence-corrected chi connectivity index (χ1v) is 15.0. The van der Waals surface area contributed by atoms with Crippen LogP contribution in [0.1, 0.15) is 52.5 Å². The first kappa shape index (κ1) is 27.5. The highest BCUT2D eigenvalue weighted by Gasteiger charge is 2.37. The summed E-state index contributed by atoms with van der Waals surface area (Å²) in [5.74, 6) is 0.984. The molecular weight excluding hydrogens is 542 g/mol. The maximum Gasteiger partial charge on any atom is 0.274 e. The fourth-order valence-corrected chi connectivity index (χ4v) is 6.81. The summed E-state index contributed by atoms with van der Waals surface area (Å²) in [6.45, 7) is 8.77. The summed E-state index contributed by atoms with van der Waals surface area (Å²) < 4.78 is 7.66. The van der Waals surface area contributed by atoms with E-state index in [-0.39, 0.29) is 23.9 Å². The number of aliphatic hydroxyl groups excluding tert-OH is 1. The van der Waals surface area contributed by atoms with E-state index in [2.05, 4.69) is 63.6 Å². The number of morpholine rings is 1. The topological polar surface area (TPSA) is 123 Å². The quantitative estimate of drug-likeness (QED) is 0.355. The highest BCUT2D eigenvalue weighted by molar-refractivity contribution is 6.07. The number of benzene rings is 2. The molecule has 1 fully saturated rings. The first-order chi connectivity index (χ1) is 20.8. The molecule has 10 heteroatoms. The molecule has 0 spiro atoms. The smallest absolute Gasteiger partial charge is 0.274 e. The van der Waals surface area contributed by atoms with Crippen LogP contribution in [0.4, 0.5) is 17.3 Å². The van der Waals surface area contributed by atoms with Crippen LogP contribution in [0.5, 0.6) is 0 Å². The largest absolute Gasteiger partial charge is 0.392 e. The minimum atomic E-state index is -0.273. The minimum absolute atomic E-state index is 0.0540. The lowest BCUT2D eigenvalue weighted by atomic mass is 9.90. The molecule has 7 rings (SSSR count). The predicted molar refractivity (Wildman–Crippen MR) is 165 cm³/mol. The van der Waals surface area contributed by atoms with Crippen LogP contribution in [-0.4, -0.2) is 63.4 Å². The van der Waals surface area contributed by atoms with Gasteiger partial charge in [-0.3, -0.25) is 4.79 Å². The number of anilines is 3. The van der Waals surface area contributed by atoms with Crippen LogP contribution in [0.25, 0.3) is 11.4 Å². The van der Waals surface area contributed by atoms with E-state index in [0.29, 0.717) is 47.1 Å². The molecular formula is C33H37N7O3. The number of nitrogens with two attached hydrogens (primary N) is 1. The average molecular weight is 580 g/mol. The molecule has 1 saturated heterocycles. The van der Waals surface area contributed by atoms with Crippen LogP contribution < -0.4 is 15.5 Å². The molecule has 0 bridgehead atoms. The van der Waals surface area contributed by atoms with E-state index in [9.17, 15) is 9.90 Å². The van der Waals surface area contributed by atoms with Crippen molar-refractivity contribution < 1.29 is 14.6 Å². The van der Waals surface area contributed by atoms with Crippen molar-refractivity contribution in [3.63, 3.8) is 0 Å². The van der Waals surface area contributed by atoms with E-state index in [0.717, 1.165) is 51.3 Å². The predicted octanol–water partition coefficient (Wildman–Crippen LogP) is 3.63. The Bertz CT molecular complexity index is 1690. The third kappa shape index (κ3) is 5.14. The van der Waals surface area contributed by atoms with Gasteiger partial charge in [0.1, 0.15) is 11.5 Å². The van der Waals surface area contributed by atoms with Crippen molar-refractivity contribution in [2.75, 3.05) is 48.4 Å². The second-order valence-corrected chi connectivity index (χ2v) is 12.5. The summed E-state index contributed by atoms with van der Waals surface area (Å²) in [5.41, 5.74) is 13.8. The number of hydrogen-bond donors (Lipinski definition) is 2. The van der Waals surface area contributed by atoms with Crippen molar-refractivity contribution in [2.45, 2.75) is 46.3 Å². The molecule has 4 heterocycles. The van der Waals surface area contributed by atoms with Crippen molar-refractivity contribution in [2.24, 2.45) is 5.41 Å². The van der Waals surface area contributed by atoms with Crippen molar-refractivity contribution in [3.8, 4) is 11.4 Å². The third-order valence-electron chi connectivity index (χ3n) is 8.84. The molecule has 10 nitrogen and oxygen atoms in total. The van der Waals surface area contributed by atoms with Gasteiger partial charge in [-0.2, -0.15) is 9.97 Å². The fourth-order valence-electron chi connectivity index (χ4n) is 6.81. The van der Waals surface area contributed by atoms with Crippen LogP contribution in [0.3, 0.4) is 0 Å². The Hall–Kier alpha value is -4.28. The Morgan fingerprint density at radius 3 is 2.53 bits per heavy atom. The molecule has 1 amide bonds. The summed E-state index contributed by atoms with van der Waals surface area (Å²) in [4.78, 5) is 31.5. The third-order valence-corrected chi connectivity index (χ3v) is 8.84. The van der Waals surface area contributed by atoms with Crippen molar-refractivity contribution in [3.05, 3.63) is 82.4 Å². The number of nitrogen functional groups attached to an aromatic ring is 1. The molecule has 2 aromatic heterocycles. The summed E-state index contributed by atoms with van der Waals surface area (Å²) in [7, 11) is 0. The van der Waals surface area contributed by atoms with Crippen molar-refractivity contribution in [1.29, 1.82) is 0 Å². The van der Waals surface area contributed by atoms with E-state index in [4.69, 9.17) is 15.5 Å². The summed E-state index contributed by atoms with van der Waals surface area (Å²) in [6, 6.07) is 16.1. The van der Waals surface area contributed by atoms with Crippen LogP contribution in [0, 0.1) is 5.41 Å². The van der Waals surface area contributed by atoms with E-state index in [1.54, 1.807) is 4.90 Å². The molecule has 4 aromatic rings. The zero-order valence-electron chi connectivity index (χ0n) is 24.7. The molecule has 222 valence electrons. The molecule has 1 aliphatic carbocycles. The van der Waals surface area contributed by atoms with Gasteiger partial charge in [-0.15, -0.1) is 0 Å². The monoisotopic (exact) mass is 579 g/mol. The van der Waals surface area contributed by atoms with Crippen molar-refractivity contribution >= 4 is 23.2 Å². The van der Waals surface area contributed by atoms with Gasteiger partial charge in [0.15, 0.2) is 5.82 Å². The lowest BCUT2D eigenvalue weighted by Gasteiger charge is -2.31. The number of carbonyl (C=O) groups excluding carboxylic acids is 1. The second-order valence-electron chi connectivity index (χ2n) is 12.5. The number of amides is 1. The number of hydrogen-bond acceptors (Lipinski definition) is 8. The van der Waals surface area contributed by atoms with E-state index in [1.165, 1.54) is 16.9 Å². The normalized spacial score (nSPS) is 17.7. The van der Waals surface area contributed by atoms with Gasteiger partial charge in [-0.25, -0.2) is 4.98 Å². The zero-order valence-corrected chi connectivity index (χ0v) is 24.7. The van der Waals surface area contributed by atoms with E-state index in [1.807, 2.05) is 18.2 Å². The summed E-state index contributed by atoms with van der Waals surface area (Å²) in [6.07, 6.45) is 2.45. The van der Waals surface area contributed by atoms with Crippen LogP contribution in [0.15, 0.2) is 48.5 Å². The molecule has 2 aliphatic heterocycles. The summed E-state index contributed by atoms with van der Waals surface area (Å²) in [5, 5.41) is 10.6. The number of nitrogens with zero attached hydrogens (tertiary/aromatic N) is 6. The van der Waals surface area contributed by atoms with Crippen LogP contribution >= 0.6 is 0 Å². The molecule has 0 atom stereocenters. The Labute approximate surface area is 251 Å². The molecule has 0 saturated carbocycles. The number of aromatic nitrogens is 4. The molecule has 43 heavy (non-hydrogen) atoms. The second kappa shape index (κ2) is 10.8. The van der Waals surface area contributed by atoms with Gasteiger partial charge < -0.3 is 29.9 Å². The Balaban J connectivity index is 1.16. The number of ether oxygens (including phenoxy) is 1. The Morgan fingerprint density at radius 1 is 0.977 bits per heavy atom. The van der Waals surface area contributed by atoms with Gasteiger partial charge in [0.2, 0.25) is 5.95 Å². The number of carbonyl (C=O) groups is 1. The summed E-state index contributed by atoms with van der Waals surface area (Å²) >= 11 is 0. The first-order valence-electron chi connectivity index (χ1n) is 15.0. The number of rotatable bonds is 6. The van der Waals surface area contributed by atoms with Gasteiger partial charge in [0.25, 0.3) is 5.91 Å². The maximum atomic E-state index is 13.8. The standard InChI is InChI=1S/C33H37N7O3/c1-33(2)18-22-17-27-31(42)40(11-10-39(27)28(22)19-33)26-5-3-4-24(25(26)20-41)30-35-29(36-32(34)37-30)16-21-6-8-23(9-7-21)38-12-14-43-15-13-38/h3-9,17,41H,10-16,18-20H2,1-2H3,(H2,34,35,36,37). The molecule has 2 aromatic carbocycles. The van der Waals surface area contributed by atoms with Gasteiger partial charge in [0, 0.05) is 55.1 Å². The van der Waals surface area contributed by atoms with Gasteiger partial charge in [0.05, 0.1) is 25.5 Å². The van der Waals surface area contributed by atoms with Crippen molar-refractivity contribution in [1.82, 2.24) is 19.5 Å². The van der Waals surface area contributed by atoms with Gasteiger partial charge >= 0.3 is 0 Å². The SMILES string of the molecule is CC1(C)Cc2cc3n(c2C1)CCN(c1cccc(-c2nc(N)nc(Cc4ccc(N5CCOCC5)cc4)n2)c1CO)C3=O. The zero-order chi connectivity index (χ0) is 29.7. The minimum Gasteiger partial charge on any atom is -0.392 e. The molecule has 3 N–H and O–H groups in total. The lowest BCUT2D eigenvalue weighted by Crippen LogP contribution is -2.41. The Kier molecular flexibility index (Phi) is 6.90. The van der Waals surface area contributed by atoms with Crippen LogP contribution in [-0.2, 0) is 37.2 Å². The van der Waals surface area contributed by atoms with E-state index >= 15 is 0 Å². The van der Waals surface area contributed by atoms with E-state index < -0.39 is 0 Å². The van der Waals surface area contributed by atoms with Gasteiger partial charge in [-0.05, 0) is 53.6 Å². The Morgan fingerprint density at radius 2 is 1.77 bits per heavy atom. The number of fused-ring (bicyclic) bond motifs is 3. The highest BCUT2D eigenvalue weighted by Crippen LogP contribution is 2.40.